The van der Waals surface area contributed by atoms with Gasteiger partial charge in [-0.25, -0.2) is 0 Å². The van der Waals surface area contributed by atoms with E-state index in [0.29, 0.717) is 19.3 Å². The standard InChI is InChI=1S/C51H98O6/c1-5-7-9-11-13-15-22-27-31-35-39-43-50(53)56-46-48(45-55-49(52)42-38-34-30-25-14-12-10-8-6-2)57-51(54)44-40-36-32-28-24-21-19-17-16-18-20-23-26-29-33-37-41-47(3)4/h47-48H,5-46H2,1-4H3/t48-/m0/s1. The van der Waals surface area contributed by atoms with E-state index in [1.165, 1.54) is 180 Å². The van der Waals surface area contributed by atoms with E-state index in [1.54, 1.807) is 0 Å². The molecule has 0 spiro atoms. The molecule has 57 heavy (non-hydrogen) atoms. The lowest BCUT2D eigenvalue weighted by Gasteiger charge is -2.18. The van der Waals surface area contributed by atoms with E-state index in [-0.39, 0.29) is 31.1 Å². The number of hydrogen-bond donors (Lipinski definition) is 0. The fourth-order valence-electron chi connectivity index (χ4n) is 7.69. The Bertz CT molecular complexity index is 857. The van der Waals surface area contributed by atoms with Crippen LogP contribution in [0.25, 0.3) is 0 Å². The molecule has 0 radical (unpaired) electrons. The predicted molar refractivity (Wildman–Crippen MR) is 243 cm³/mol. The Morgan fingerprint density at radius 1 is 0.333 bits per heavy atom. The lowest BCUT2D eigenvalue weighted by atomic mass is 10.0. The van der Waals surface area contributed by atoms with Crippen molar-refractivity contribution in [1.82, 2.24) is 0 Å². The van der Waals surface area contributed by atoms with E-state index in [1.807, 2.05) is 0 Å². The maximum absolute atomic E-state index is 12.8. The molecule has 1 atom stereocenters. The zero-order valence-electron chi connectivity index (χ0n) is 38.8. The number of carbonyl (C=O) groups excluding carboxylic acids is 3. The van der Waals surface area contributed by atoms with Crippen molar-refractivity contribution in [2.24, 2.45) is 5.92 Å². The average molecular weight is 807 g/mol. The van der Waals surface area contributed by atoms with Crippen LogP contribution in [0, 0.1) is 5.92 Å². The fourth-order valence-corrected chi connectivity index (χ4v) is 7.69. The fraction of sp³-hybridized carbons (Fsp3) is 0.941. The normalized spacial score (nSPS) is 11.9. The van der Waals surface area contributed by atoms with Crippen molar-refractivity contribution in [1.29, 1.82) is 0 Å². The first kappa shape index (κ1) is 55.4. The van der Waals surface area contributed by atoms with E-state index in [9.17, 15) is 14.4 Å². The molecule has 0 aromatic carbocycles. The highest BCUT2D eigenvalue weighted by atomic mass is 16.6. The minimum atomic E-state index is -0.759. The van der Waals surface area contributed by atoms with Crippen LogP contribution in [0.1, 0.15) is 285 Å². The van der Waals surface area contributed by atoms with Gasteiger partial charge in [-0.15, -0.1) is 0 Å². The molecule has 0 aromatic rings. The maximum Gasteiger partial charge on any atom is 0.306 e. The molecule has 0 rings (SSSR count). The quantitative estimate of drug-likeness (QED) is 0.0346. The van der Waals surface area contributed by atoms with E-state index in [2.05, 4.69) is 27.7 Å². The second-order valence-electron chi connectivity index (χ2n) is 17.9. The van der Waals surface area contributed by atoms with E-state index in [0.717, 1.165) is 63.7 Å². The minimum absolute atomic E-state index is 0.0630. The summed E-state index contributed by atoms with van der Waals surface area (Å²) in [5.41, 5.74) is 0. The monoisotopic (exact) mass is 807 g/mol. The van der Waals surface area contributed by atoms with Crippen molar-refractivity contribution in [3.05, 3.63) is 0 Å². The SMILES string of the molecule is CCCCCCCCCCCCCC(=O)OC[C@H](COC(=O)CCCCCCCCCCC)OC(=O)CCCCCCCCCCCCCCCCCCC(C)C. The van der Waals surface area contributed by atoms with Crippen LogP contribution in [0.2, 0.25) is 0 Å². The summed E-state index contributed by atoms with van der Waals surface area (Å²) in [6.07, 6.45) is 46.6. The van der Waals surface area contributed by atoms with Crippen LogP contribution in [0.4, 0.5) is 0 Å². The van der Waals surface area contributed by atoms with Gasteiger partial charge < -0.3 is 14.2 Å². The summed E-state index contributed by atoms with van der Waals surface area (Å²) >= 11 is 0. The van der Waals surface area contributed by atoms with Gasteiger partial charge >= 0.3 is 17.9 Å². The molecular formula is C51H98O6. The summed E-state index contributed by atoms with van der Waals surface area (Å²) in [7, 11) is 0. The Labute approximate surface area is 355 Å². The van der Waals surface area contributed by atoms with Gasteiger partial charge in [-0.3, -0.25) is 14.4 Å². The molecule has 6 heteroatoms. The smallest absolute Gasteiger partial charge is 0.306 e. The van der Waals surface area contributed by atoms with Crippen molar-refractivity contribution in [3.63, 3.8) is 0 Å². The number of hydrogen-bond acceptors (Lipinski definition) is 6. The molecule has 0 bridgehead atoms. The van der Waals surface area contributed by atoms with Gasteiger partial charge in [0.2, 0.25) is 0 Å². The Morgan fingerprint density at radius 2 is 0.579 bits per heavy atom. The molecule has 0 fully saturated rings. The van der Waals surface area contributed by atoms with Crippen molar-refractivity contribution >= 4 is 17.9 Å². The molecule has 0 heterocycles. The van der Waals surface area contributed by atoms with Gasteiger partial charge in [0.1, 0.15) is 13.2 Å². The summed E-state index contributed by atoms with van der Waals surface area (Å²) < 4.78 is 16.7. The number of esters is 3. The molecule has 0 unspecified atom stereocenters. The van der Waals surface area contributed by atoms with Crippen LogP contribution in [-0.4, -0.2) is 37.2 Å². The Hall–Kier alpha value is -1.59. The first-order chi connectivity index (χ1) is 27.9. The van der Waals surface area contributed by atoms with Crippen LogP contribution in [0.5, 0.6) is 0 Å². The van der Waals surface area contributed by atoms with Crippen molar-refractivity contribution < 1.29 is 28.6 Å². The zero-order chi connectivity index (χ0) is 41.7. The highest BCUT2D eigenvalue weighted by molar-refractivity contribution is 5.71. The topological polar surface area (TPSA) is 78.9 Å². The first-order valence-electron chi connectivity index (χ1n) is 25.4. The highest BCUT2D eigenvalue weighted by Gasteiger charge is 2.19. The van der Waals surface area contributed by atoms with Crippen molar-refractivity contribution in [2.75, 3.05) is 13.2 Å². The zero-order valence-corrected chi connectivity index (χ0v) is 38.8. The minimum Gasteiger partial charge on any atom is -0.462 e. The predicted octanol–water partition coefficient (Wildman–Crippen LogP) is 16.3. The van der Waals surface area contributed by atoms with Crippen LogP contribution < -0.4 is 0 Å². The Kier molecular flexibility index (Phi) is 44.2. The third-order valence-electron chi connectivity index (χ3n) is 11.5. The van der Waals surface area contributed by atoms with Gasteiger partial charge in [-0.1, -0.05) is 246 Å². The summed E-state index contributed by atoms with van der Waals surface area (Å²) in [4.78, 5) is 37.8. The molecular weight excluding hydrogens is 709 g/mol. The molecule has 0 N–H and O–H groups in total. The van der Waals surface area contributed by atoms with Crippen LogP contribution >= 0.6 is 0 Å². The Balaban J connectivity index is 4.22. The number of carbonyl (C=O) groups is 3. The first-order valence-corrected chi connectivity index (χ1v) is 25.4. The van der Waals surface area contributed by atoms with Crippen LogP contribution in [-0.2, 0) is 28.6 Å². The molecule has 0 amide bonds. The molecule has 0 aliphatic carbocycles. The maximum atomic E-state index is 12.8. The lowest BCUT2D eigenvalue weighted by Crippen LogP contribution is -2.30. The van der Waals surface area contributed by atoms with Crippen LogP contribution in [0.3, 0.4) is 0 Å². The summed E-state index contributed by atoms with van der Waals surface area (Å²) in [6, 6.07) is 0. The van der Waals surface area contributed by atoms with Gasteiger partial charge in [-0.2, -0.15) is 0 Å². The molecule has 6 nitrogen and oxygen atoms in total. The van der Waals surface area contributed by atoms with Crippen molar-refractivity contribution in [3.8, 4) is 0 Å². The second kappa shape index (κ2) is 45.5. The Morgan fingerprint density at radius 3 is 0.860 bits per heavy atom. The van der Waals surface area contributed by atoms with Gasteiger partial charge in [-0.05, 0) is 25.2 Å². The summed E-state index contributed by atoms with van der Waals surface area (Å²) in [5.74, 6) is 0.00278. The van der Waals surface area contributed by atoms with Crippen LogP contribution in [0.15, 0.2) is 0 Å². The highest BCUT2D eigenvalue weighted by Crippen LogP contribution is 2.17. The van der Waals surface area contributed by atoms with E-state index in [4.69, 9.17) is 14.2 Å². The average Bonchev–Trinajstić information content (AvgIpc) is 3.19. The number of unbranched alkanes of at least 4 members (excludes halogenated alkanes) is 33. The van der Waals surface area contributed by atoms with E-state index < -0.39 is 6.10 Å². The van der Waals surface area contributed by atoms with Gasteiger partial charge in [0.15, 0.2) is 6.10 Å². The summed E-state index contributed by atoms with van der Waals surface area (Å²) in [5, 5.41) is 0. The van der Waals surface area contributed by atoms with Gasteiger partial charge in [0.05, 0.1) is 0 Å². The molecule has 338 valence electrons. The number of rotatable bonds is 46. The third kappa shape index (κ3) is 45.3. The lowest BCUT2D eigenvalue weighted by molar-refractivity contribution is -0.167. The summed E-state index contributed by atoms with van der Waals surface area (Å²) in [6.45, 7) is 9.01. The van der Waals surface area contributed by atoms with Gasteiger partial charge in [0.25, 0.3) is 0 Å². The number of ether oxygens (including phenoxy) is 3. The molecule has 0 saturated heterocycles. The third-order valence-corrected chi connectivity index (χ3v) is 11.5. The molecule has 0 aliphatic heterocycles. The van der Waals surface area contributed by atoms with E-state index >= 15 is 0 Å². The molecule has 0 aromatic heterocycles. The molecule has 0 aliphatic rings. The second-order valence-corrected chi connectivity index (χ2v) is 17.9. The van der Waals surface area contributed by atoms with Crippen molar-refractivity contribution in [2.45, 2.75) is 291 Å². The largest absolute Gasteiger partial charge is 0.462 e. The van der Waals surface area contributed by atoms with Gasteiger partial charge in [0, 0.05) is 19.3 Å². The molecule has 0 saturated carbocycles.